The molecule has 0 aliphatic heterocycles. The molecule has 1 heterocycles. The molecule has 0 bridgehead atoms. The summed E-state index contributed by atoms with van der Waals surface area (Å²) in [6, 6.07) is 1.51. The lowest BCUT2D eigenvalue weighted by molar-refractivity contribution is -0.163. The largest absolute Gasteiger partial charge is 0.460 e. The first-order valence-electron chi connectivity index (χ1n) is 7.01. The monoisotopic (exact) mass is 350 g/mol. The average molecular weight is 351 g/mol. The van der Waals surface area contributed by atoms with E-state index in [0.29, 0.717) is 20.2 Å². The first kappa shape index (κ1) is 17.1. The number of hydrogen-bond donors (Lipinski definition) is 1. The van der Waals surface area contributed by atoms with Gasteiger partial charge in [-0.2, -0.15) is 0 Å². The summed E-state index contributed by atoms with van der Waals surface area (Å²) in [6.45, 7) is 6.51. The van der Waals surface area contributed by atoms with Gasteiger partial charge in [0.1, 0.15) is 10.4 Å². The highest BCUT2D eigenvalue weighted by Crippen LogP contribution is 2.41. The molecule has 1 N–H and O–H groups in total. The van der Waals surface area contributed by atoms with Crippen molar-refractivity contribution in [3.05, 3.63) is 20.3 Å². The molecule has 1 aromatic heterocycles. The molecule has 118 valence electrons. The summed E-state index contributed by atoms with van der Waals surface area (Å²) >= 11 is 12.9. The predicted octanol–water partition coefficient (Wildman–Crippen LogP) is 4.85. The summed E-state index contributed by atoms with van der Waals surface area (Å²) in [4.78, 5) is 12.1. The van der Waals surface area contributed by atoms with Gasteiger partial charge in [0.2, 0.25) is 0 Å². The molecule has 21 heavy (non-hydrogen) atoms. The lowest BCUT2D eigenvalue weighted by atomic mass is 9.71. The van der Waals surface area contributed by atoms with Crippen LogP contribution in [0.3, 0.4) is 0 Å². The van der Waals surface area contributed by atoms with Crippen LogP contribution in [0.25, 0.3) is 0 Å². The third-order valence-electron chi connectivity index (χ3n) is 3.83. The topological polar surface area (TPSA) is 46.5 Å². The molecule has 0 aromatic carbocycles. The minimum Gasteiger partial charge on any atom is -0.460 e. The van der Waals surface area contributed by atoms with Crippen molar-refractivity contribution < 1.29 is 14.6 Å². The van der Waals surface area contributed by atoms with Crippen molar-refractivity contribution in [3.8, 4) is 0 Å². The molecule has 1 saturated carbocycles. The molecule has 1 fully saturated rings. The fraction of sp³-hybridized carbons (Fsp3) is 0.667. The van der Waals surface area contributed by atoms with Gasteiger partial charge in [-0.3, -0.25) is 0 Å². The number of carbonyl (C=O) groups is 1. The first-order chi connectivity index (χ1) is 9.68. The van der Waals surface area contributed by atoms with E-state index < -0.39 is 12.1 Å². The predicted molar refractivity (Wildman–Crippen MR) is 86.0 cm³/mol. The van der Waals surface area contributed by atoms with Crippen LogP contribution in [0.1, 0.15) is 51.7 Å². The van der Waals surface area contributed by atoms with Gasteiger partial charge in [-0.15, -0.1) is 11.3 Å². The van der Waals surface area contributed by atoms with E-state index in [9.17, 15) is 9.90 Å². The van der Waals surface area contributed by atoms with Gasteiger partial charge in [-0.25, -0.2) is 4.79 Å². The van der Waals surface area contributed by atoms with Crippen molar-refractivity contribution >= 4 is 40.5 Å². The van der Waals surface area contributed by atoms with Crippen molar-refractivity contribution in [2.24, 2.45) is 11.3 Å². The van der Waals surface area contributed by atoms with Crippen LogP contribution in [0.15, 0.2) is 6.07 Å². The Bertz CT molecular complexity index is 527. The maximum Gasteiger partial charge on any atom is 0.340 e. The minimum atomic E-state index is -1.37. The van der Waals surface area contributed by atoms with E-state index in [-0.39, 0.29) is 11.5 Å². The molecule has 0 saturated heterocycles. The van der Waals surface area contributed by atoms with E-state index in [1.165, 1.54) is 6.07 Å². The van der Waals surface area contributed by atoms with Crippen molar-refractivity contribution in [2.75, 3.05) is 0 Å². The summed E-state index contributed by atoms with van der Waals surface area (Å²) in [5, 5.41) is 10.1. The number of esters is 1. The van der Waals surface area contributed by atoms with Crippen LogP contribution in [-0.2, 0) is 9.53 Å². The van der Waals surface area contributed by atoms with Crippen LogP contribution in [0.5, 0.6) is 0 Å². The van der Waals surface area contributed by atoms with Crippen molar-refractivity contribution in [1.82, 2.24) is 0 Å². The number of thiophene rings is 1. The van der Waals surface area contributed by atoms with Crippen LogP contribution >= 0.6 is 34.5 Å². The number of rotatable bonds is 3. The fourth-order valence-corrected chi connectivity index (χ4v) is 4.76. The second-order valence-corrected chi connectivity index (χ2v) is 8.94. The van der Waals surface area contributed by atoms with Crippen molar-refractivity contribution in [2.45, 2.75) is 52.2 Å². The molecule has 3 atom stereocenters. The number of aliphatic hydroxyl groups excluding tert-OH is 1. The molecule has 0 amide bonds. The van der Waals surface area contributed by atoms with E-state index in [0.717, 1.165) is 30.6 Å². The van der Waals surface area contributed by atoms with Crippen LogP contribution in [0.4, 0.5) is 0 Å². The summed E-state index contributed by atoms with van der Waals surface area (Å²) in [7, 11) is 0. The lowest BCUT2D eigenvalue weighted by Gasteiger charge is -2.38. The van der Waals surface area contributed by atoms with Gasteiger partial charge in [0, 0.05) is 5.56 Å². The summed E-state index contributed by atoms with van der Waals surface area (Å²) < 4.78 is 6.25. The molecular weight excluding hydrogens is 331 g/mol. The van der Waals surface area contributed by atoms with Crippen LogP contribution < -0.4 is 0 Å². The number of halogens is 2. The van der Waals surface area contributed by atoms with E-state index in [1.807, 2.05) is 0 Å². The SMILES string of the molecule is CC1CC(OC(=O)C(O)c2cc(Cl)sc2Cl)CC(C)(C)C1. The van der Waals surface area contributed by atoms with Gasteiger partial charge in [-0.1, -0.05) is 44.0 Å². The second-order valence-electron chi connectivity index (χ2n) is 6.65. The summed E-state index contributed by atoms with van der Waals surface area (Å²) in [6.07, 6.45) is 1.24. The van der Waals surface area contributed by atoms with E-state index >= 15 is 0 Å². The second kappa shape index (κ2) is 6.45. The molecule has 1 aliphatic carbocycles. The van der Waals surface area contributed by atoms with Crippen molar-refractivity contribution in [1.29, 1.82) is 0 Å². The van der Waals surface area contributed by atoms with Crippen LogP contribution in [-0.4, -0.2) is 17.2 Å². The Labute approximate surface area is 139 Å². The Kier molecular flexibility index (Phi) is 5.24. The van der Waals surface area contributed by atoms with Crippen LogP contribution in [0, 0.1) is 11.3 Å². The normalized spacial score (nSPS) is 26.4. The van der Waals surface area contributed by atoms with E-state index in [2.05, 4.69) is 20.8 Å². The third kappa shape index (κ3) is 4.35. The van der Waals surface area contributed by atoms with Gasteiger partial charge >= 0.3 is 5.97 Å². The highest BCUT2D eigenvalue weighted by Gasteiger charge is 2.35. The minimum absolute atomic E-state index is 0.150. The molecule has 3 unspecified atom stereocenters. The molecule has 0 radical (unpaired) electrons. The van der Waals surface area contributed by atoms with Gasteiger partial charge in [0.15, 0.2) is 6.10 Å². The van der Waals surface area contributed by atoms with Gasteiger partial charge < -0.3 is 9.84 Å². The van der Waals surface area contributed by atoms with Gasteiger partial charge in [0.05, 0.1) is 4.34 Å². The maximum absolute atomic E-state index is 12.1. The molecular formula is C15H20Cl2O3S. The molecule has 2 rings (SSSR count). The molecule has 6 heteroatoms. The van der Waals surface area contributed by atoms with Gasteiger partial charge in [-0.05, 0) is 36.7 Å². The quantitative estimate of drug-likeness (QED) is 0.792. The Morgan fingerprint density at radius 1 is 1.48 bits per heavy atom. The third-order valence-corrected chi connectivity index (χ3v) is 5.35. The molecule has 1 aromatic rings. The maximum atomic E-state index is 12.1. The zero-order chi connectivity index (χ0) is 15.8. The highest BCUT2D eigenvalue weighted by atomic mass is 35.5. The highest BCUT2D eigenvalue weighted by molar-refractivity contribution is 7.20. The lowest BCUT2D eigenvalue weighted by Crippen LogP contribution is -2.35. The summed E-state index contributed by atoms with van der Waals surface area (Å²) in [5.41, 5.74) is 0.469. The number of carbonyl (C=O) groups excluding carboxylic acids is 1. The zero-order valence-electron chi connectivity index (χ0n) is 12.4. The smallest absolute Gasteiger partial charge is 0.340 e. The zero-order valence-corrected chi connectivity index (χ0v) is 14.7. The van der Waals surface area contributed by atoms with Gasteiger partial charge in [0.25, 0.3) is 0 Å². The number of ether oxygens (including phenoxy) is 1. The Hall–Kier alpha value is -0.290. The summed E-state index contributed by atoms with van der Waals surface area (Å²) in [5.74, 6) is -0.149. The average Bonchev–Trinajstić information content (AvgIpc) is 2.64. The first-order valence-corrected chi connectivity index (χ1v) is 8.58. The fourth-order valence-electron chi connectivity index (χ4n) is 3.24. The standard InChI is InChI=1S/C15H20Cl2O3S/c1-8-4-9(7-15(2,3)6-8)20-14(19)12(18)10-5-11(16)21-13(10)17/h5,8-9,12,18H,4,6-7H2,1-3H3. The Morgan fingerprint density at radius 3 is 2.67 bits per heavy atom. The molecule has 3 nitrogen and oxygen atoms in total. The van der Waals surface area contributed by atoms with Crippen molar-refractivity contribution in [3.63, 3.8) is 0 Å². The van der Waals surface area contributed by atoms with E-state index in [4.69, 9.17) is 27.9 Å². The number of hydrogen-bond acceptors (Lipinski definition) is 4. The van der Waals surface area contributed by atoms with Crippen LogP contribution in [0.2, 0.25) is 8.67 Å². The number of aliphatic hydroxyl groups is 1. The Balaban J connectivity index is 2.02. The molecule has 0 spiro atoms. The Morgan fingerprint density at radius 2 is 2.14 bits per heavy atom. The molecule has 1 aliphatic rings. The van der Waals surface area contributed by atoms with E-state index in [1.54, 1.807) is 0 Å².